The molecule has 2 aliphatic heterocycles. The SMILES string of the molecule is CC(=O)N1CCc2ccccc2C1C(=O)NC1CCN(Cc2ccccc2)CC1. The van der Waals surface area contributed by atoms with Gasteiger partial charge in [0.2, 0.25) is 11.8 Å². The van der Waals surface area contributed by atoms with Gasteiger partial charge in [-0.1, -0.05) is 54.6 Å². The molecule has 2 aliphatic rings. The van der Waals surface area contributed by atoms with Gasteiger partial charge in [0.05, 0.1) is 0 Å². The topological polar surface area (TPSA) is 52.7 Å². The van der Waals surface area contributed by atoms with Crippen LogP contribution in [0.4, 0.5) is 0 Å². The van der Waals surface area contributed by atoms with Gasteiger partial charge in [-0.2, -0.15) is 0 Å². The van der Waals surface area contributed by atoms with Crippen molar-refractivity contribution >= 4 is 11.8 Å². The van der Waals surface area contributed by atoms with Gasteiger partial charge in [-0.25, -0.2) is 0 Å². The quantitative estimate of drug-likeness (QED) is 0.872. The first kappa shape index (κ1) is 19.6. The molecule has 1 N–H and O–H groups in total. The minimum atomic E-state index is -0.514. The molecular weight excluding hydrogens is 362 g/mol. The Kier molecular flexibility index (Phi) is 5.95. The maximum Gasteiger partial charge on any atom is 0.247 e. The third-order valence-electron chi connectivity index (χ3n) is 6.12. The molecule has 0 spiro atoms. The van der Waals surface area contributed by atoms with E-state index in [-0.39, 0.29) is 17.9 Å². The maximum absolute atomic E-state index is 13.2. The fourth-order valence-corrected chi connectivity index (χ4v) is 4.55. The van der Waals surface area contributed by atoms with E-state index < -0.39 is 6.04 Å². The van der Waals surface area contributed by atoms with Crippen molar-refractivity contribution < 1.29 is 9.59 Å². The summed E-state index contributed by atoms with van der Waals surface area (Å²) in [5.41, 5.74) is 3.46. The van der Waals surface area contributed by atoms with Crippen molar-refractivity contribution in [3.8, 4) is 0 Å². The lowest BCUT2D eigenvalue weighted by Crippen LogP contribution is -2.51. The molecule has 2 aromatic carbocycles. The van der Waals surface area contributed by atoms with Crippen molar-refractivity contribution in [1.29, 1.82) is 0 Å². The molecule has 1 fully saturated rings. The van der Waals surface area contributed by atoms with Crippen molar-refractivity contribution in [1.82, 2.24) is 15.1 Å². The molecule has 2 aromatic rings. The highest BCUT2D eigenvalue weighted by molar-refractivity contribution is 5.89. The number of nitrogens with one attached hydrogen (secondary N) is 1. The van der Waals surface area contributed by atoms with Crippen LogP contribution in [0.25, 0.3) is 0 Å². The van der Waals surface area contributed by atoms with Crippen LogP contribution in [0.5, 0.6) is 0 Å². The standard InChI is InChI=1S/C24H29N3O2/c1-18(28)27-16-11-20-9-5-6-10-22(20)23(27)24(29)25-21-12-14-26(15-13-21)17-19-7-3-2-4-8-19/h2-10,21,23H,11-17H2,1H3,(H,25,29). The normalized spacial score (nSPS) is 20.2. The van der Waals surface area contributed by atoms with Crippen LogP contribution in [0.3, 0.4) is 0 Å². The number of fused-ring (bicyclic) bond motifs is 1. The van der Waals surface area contributed by atoms with Gasteiger partial charge >= 0.3 is 0 Å². The summed E-state index contributed by atoms with van der Waals surface area (Å²) >= 11 is 0. The van der Waals surface area contributed by atoms with E-state index in [4.69, 9.17) is 0 Å². The van der Waals surface area contributed by atoms with E-state index in [2.05, 4.69) is 40.5 Å². The number of carbonyl (C=O) groups excluding carboxylic acids is 2. The van der Waals surface area contributed by atoms with Crippen LogP contribution in [-0.4, -0.2) is 47.3 Å². The zero-order valence-electron chi connectivity index (χ0n) is 17.0. The molecule has 1 unspecified atom stereocenters. The number of likely N-dealkylation sites (tertiary alicyclic amines) is 1. The van der Waals surface area contributed by atoms with Gasteiger partial charge in [0.1, 0.15) is 6.04 Å². The summed E-state index contributed by atoms with van der Waals surface area (Å²) in [7, 11) is 0. The Labute approximate surface area is 172 Å². The zero-order valence-corrected chi connectivity index (χ0v) is 17.0. The smallest absolute Gasteiger partial charge is 0.247 e. The van der Waals surface area contributed by atoms with Crippen LogP contribution in [0.2, 0.25) is 0 Å². The van der Waals surface area contributed by atoms with E-state index in [9.17, 15) is 9.59 Å². The molecule has 29 heavy (non-hydrogen) atoms. The van der Waals surface area contributed by atoms with Gasteiger partial charge in [-0.05, 0) is 36.0 Å². The highest BCUT2D eigenvalue weighted by Crippen LogP contribution is 2.30. The van der Waals surface area contributed by atoms with Crippen LogP contribution in [0.1, 0.15) is 42.5 Å². The first-order valence-electron chi connectivity index (χ1n) is 10.5. The number of hydrogen-bond donors (Lipinski definition) is 1. The van der Waals surface area contributed by atoms with Gasteiger partial charge in [-0.15, -0.1) is 0 Å². The van der Waals surface area contributed by atoms with Crippen molar-refractivity contribution in [2.45, 2.75) is 44.8 Å². The molecule has 5 nitrogen and oxygen atoms in total. The molecule has 152 valence electrons. The Balaban J connectivity index is 1.38. The molecule has 0 bridgehead atoms. The molecule has 0 radical (unpaired) electrons. The lowest BCUT2D eigenvalue weighted by molar-refractivity contribution is -0.140. The second kappa shape index (κ2) is 8.78. The highest BCUT2D eigenvalue weighted by atomic mass is 16.2. The molecule has 4 rings (SSSR count). The van der Waals surface area contributed by atoms with Crippen molar-refractivity contribution in [3.05, 3.63) is 71.3 Å². The van der Waals surface area contributed by atoms with Gasteiger partial charge in [0.25, 0.3) is 0 Å². The summed E-state index contributed by atoms with van der Waals surface area (Å²) < 4.78 is 0. The van der Waals surface area contributed by atoms with E-state index in [0.717, 1.165) is 44.5 Å². The van der Waals surface area contributed by atoms with Crippen LogP contribution in [0.15, 0.2) is 54.6 Å². The summed E-state index contributed by atoms with van der Waals surface area (Å²) in [4.78, 5) is 29.5. The predicted molar refractivity (Wildman–Crippen MR) is 113 cm³/mol. The molecule has 5 heteroatoms. The molecule has 1 saturated heterocycles. The minimum Gasteiger partial charge on any atom is -0.351 e. The summed E-state index contributed by atoms with van der Waals surface area (Å²) in [5, 5.41) is 3.24. The van der Waals surface area contributed by atoms with Crippen LogP contribution >= 0.6 is 0 Å². The first-order chi connectivity index (χ1) is 14.1. The van der Waals surface area contributed by atoms with E-state index >= 15 is 0 Å². The third kappa shape index (κ3) is 4.51. The summed E-state index contributed by atoms with van der Waals surface area (Å²) in [6.45, 7) is 5.04. The number of carbonyl (C=O) groups is 2. The molecule has 0 aliphatic carbocycles. The summed E-state index contributed by atoms with van der Waals surface area (Å²) in [5.74, 6) is -0.0915. The van der Waals surface area contributed by atoms with Gasteiger partial charge < -0.3 is 10.2 Å². The lowest BCUT2D eigenvalue weighted by Gasteiger charge is -2.38. The van der Waals surface area contributed by atoms with E-state index in [1.165, 1.54) is 11.1 Å². The lowest BCUT2D eigenvalue weighted by atomic mass is 9.91. The third-order valence-corrected chi connectivity index (χ3v) is 6.12. The number of benzene rings is 2. The second-order valence-electron chi connectivity index (χ2n) is 8.11. The molecule has 2 heterocycles. The number of hydrogen-bond acceptors (Lipinski definition) is 3. The Morgan fingerprint density at radius 1 is 0.966 bits per heavy atom. The molecule has 2 amide bonds. The number of rotatable bonds is 4. The molecule has 0 saturated carbocycles. The van der Waals surface area contributed by atoms with Crippen molar-refractivity contribution in [2.24, 2.45) is 0 Å². The number of amides is 2. The maximum atomic E-state index is 13.2. The van der Waals surface area contributed by atoms with E-state index in [0.29, 0.717) is 6.54 Å². The van der Waals surface area contributed by atoms with Crippen LogP contribution < -0.4 is 5.32 Å². The monoisotopic (exact) mass is 391 g/mol. The Hall–Kier alpha value is -2.66. The molecular formula is C24H29N3O2. The zero-order chi connectivity index (χ0) is 20.2. The number of piperidine rings is 1. The Morgan fingerprint density at radius 3 is 2.38 bits per heavy atom. The van der Waals surface area contributed by atoms with Crippen LogP contribution in [0, 0.1) is 0 Å². The van der Waals surface area contributed by atoms with E-state index in [1.54, 1.807) is 11.8 Å². The van der Waals surface area contributed by atoms with Gasteiger partial charge in [0, 0.05) is 39.1 Å². The Bertz CT molecular complexity index is 859. The first-order valence-corrected chi connectivity index (χ1v) is 10.5. The molecule has 0 aromatic heterocycles. The van der Waals surface area contributed by atoms with Crippen molar-refractivity contribution in [2.75, 3.05) is 19.6 Å². The summed E-state index contributed by atoms with van der Waals surface area (Å²) in [6, 6.07) is 18.2. The highest BCUT2D eigenvalue weighted by Gasteiger charge is 2.35. The molecule has 1 atom stereocenters. The number of nitrogens with zero attached hydrogens (tertiary/aromatic N) is 2. The average Bonchev–Trinajstić information content (AvgIpc) is 2.75. The van der Waals surface area contributed by atoms with Crippen LogP contribution in [-0.2, 0) is 22.6 Å². The van der Waals surface area contributed by atoms with Gasteiger partial charge in [-0.3, -0.25) is 14.5 Å². The fourth-order valence-electron chi connectivity index (χ4n) is 4.55. The second-order valence-corrected chi connectivity index (χ2v) is 8.11. The largest absolute Gasteiger partial charge is 0.351 e. The van der Waals surface area contributed by atoms with Gasteiger partial charge in [0.15, 0.2) is 0 Å². The predicted octanol–water partition coefficient (Wildman–Crippen LogP) is 2.91. The average molecular weight is 392 g/mol. The minimum absolute atomic E-state index is 0.0441. The summed E-state index contributed by atoms with van der Waals surface area (Å²) in [6.07, 6.45) is 2.68. The Morgan fingerprint density at radius 2 is 1.66 bits per heavy atom. The fraction of sp³-hybridized carbons (Fsp3) is 0.417. The van der Waals surface area contributed by atoms with Crippen molar-refractivity contribution in [3.63, 3.8) is 0 Å². The van der Waals surface area contributed by atoms with E-state index in [1.807, 2.05) is 24.3 Å².